The molecule has 0 unspecified atom stereocenters. The number of nitrogens with one attached hydrogen (secondary N) is 2. The molecule has 1 aliphatic rings. The maximum atomic E-state index is 11.3. The fourth-order valence-electron chi connectivity index (χ4n) is 2.28. The first-order chi connectivity index (χ1) is 8.06. The molecule has 5 heteroatoms. The highest BCUT2D eigenvalue weighted by Crippen LogP contribution is 2.31. The summed E-state index contributed by atoms with van der Waals surface area (Å²) in [5, 5.41) is 3.31. The molecule has 17 heavy (non-hydrogen) atoms. The van der Waals surface area contributed by atoms with Crippen molar-refractivity contribution in [2.45, 2.75) is 18.8 Å². The molecule has 2 N–H and O–H groups in total. The van der Waals surface area contributed by atoms with Crippen molar-refractivity contribution < 1.29 is 8.42 Å². The van der Waals surface area contributed by atoms with Gasteiger partial charge < -0.3 is 5.32 Å². The second kappa shape index (κ2) is 5.06. The Labute approximate surface area is 102 Å². The van der Waals surface area contributed by atoms with Gasteiger partial charge in [-0.1, -0.05) is 18.2 Å². The predicted molar refractivity (Wildman–Crippen MR) is 69.8 cm³/mol. The Balaban J connectivity index is 2.26. The maximum absolute atomic E-state index is 11.3. The lowest BCUT2D eigenvalue weighted by molar-refractivity contribution is 0.461. The van der Waals surface area contributed by atoms with E-state index < -0.39 is 10.0 Å². The average molecular weight is 254 g/mol. The Morgan fingerprint density at radius 2 is 1.88 bits per heavy atom. The molecule has 0 aliphatic carbocycles. The van der Waals surface area contributed by atoms with Gasteiger partial charge in [0.1, 0.15) is 0 Å². The van der Waals surface area contributed by atoms with Crippen molar-refractivity contribution in [1.29, 1.82) is 0 Å². The third kappa shape index (κ3) is 3.44. The fourth-order valence-corrected chi connectivity index (χ4v) is 2.86. The van der Waals surface area contributed by atoms with Gasteiger partial charge in [0, 0.05) is 0 Å². The lowest BCUT2D eigenvalue weighted by atomic mass is 9.89. The molecule has 0 saturated carbocycles. The lowest BCUT2D eigenvalue weighted by Gasteiger charge is -2.25. The topological polar surface area (TPSA) is 58.2 Å². The number of para-hydroxylation sites is 1. The van der Waals surface area contributed by atoms with Gasteiger partial charge in [0.05, 0.1) is 11.9 Å². The van der Waals surface area contributed by atoms with E-state index in [2.05, 4.69) is 10.0 Å². The molecular formula is C12H18N2O2S. The van der Waals surface area contributed by atoms with E-state index in [1.165, 1.54) is 6.26 Å². The van der Waals surface area contributed by atoms with Gasteiger partial charge in [-0.25, -0.2) is 8.42 Å². The number of sulfonamides is 1. The first kappa shape index (κ1) is 12.4. The zero-order valence-electron chi connectivity index (χ0n) is 9.94. The third-order valence-corrected chi connectivity index (χ3v) is 3.63. The second-order valence-corrected chi connectivity index (χ2v) is 6.23. The van der Waals surface area contributed by atoms with E-state index in [0.717, 1.165) is 37.2 Å². The normalized spacial score (nSPS) is 17.9. The van der Waals surface area contributed by atoms with Crippen LogP contribution in [-0.2, 0) is 10.0 Å². The smallest absolute Gasteiger partial charge is 0.229 e. The maximum Gasteiger partial charge on any atom is 0.229 e. The summed E-state index contributed by atoms with van der Waals surface area (Å²) in [4.78, 5) is 0. The van der Waals surface area contributed by atoms with Crippen molar-refractivity contribution in [2.75, 3.05) is 24.1 Å². The molecule has 1 saturated heterocycles. The summed E-state index contributed by atoms with van der Waals surface area (Å²) < 4.78 is 25.2. The van der Waals surface area contributed by atoms with Gasteiger partial charge >= 0.3 is 0 Å². The lowest BCUT2D eigenvalue weighted by Crippen LogP contribution is -2.27. The molecule has 1 heterocycles. The summed E-state index contributed by atoms with van der Waals surface area (Å²) in [6.45, 7) is 2.00. The van der Waals surface area contributed by atoms with Crippen LogP contribution in [0.4, 0.5) is 5.69 Å². The minimum absolute atomic E-state index is 0.446. The molecule has 0 atom stereocenters. The van der Waals surface area contributed by atoms with Crippen LogP contribution >= 0.6 is 0 Å². The molecule has 0 aromatic heterocycles. The van der Waals surface area contributed by atoms with E-state index in [9.17, 15) is 8.42 Å². The van der Waals surface area contributed by atoms with Crippen LogP contribution in [0.25, 0.3) is 0 Å². The Kier molecular flexibility index (Phi) is 3.69. The Bertz CT molecular complexity index is 479. The van der Waals surface area contributed by atoms with Gasteiger partial charge in [0.25, 0.3) is 0 Å². The zero-order chi connectivity index (χ0) is 12.3. The fraction of sp³-hybridized carbons (Fsp3) is 0.500. The number of hydrogen-bond donors (Lipinski definition) is 2. The zero-order valence-corrected chi connectivity index (χ0v) is 10.8. The van der Waals surface area contributed by atoms with Crippen LogP contribution < -0.4 is 10.0 Å². The molecule has 0 amide bonds. The van der Waals surface area contributed by atoms with Gasteiger partial charge in [-0.3, -0.25) is 4.72 Å². The molecule has 1 aliphatic heterocycles. The minimum atomic E-state index is -3.20. The van der Waals surface area contributed by atoms with Crippen LogP contribution in [0.5, 0.6) is 0 Å². The Morgan fingerprint density at radius 3 is 2.53 bits per heavy atom. The first-order valence-electron chi connectivity index (χ1n) is 5.84. The van der Waals surface area contributed by atoms with Crippen molar-refractivity contribution in [2.24, 2.45) is 0 Å². The minimum Gasteiger partial charge on any atom is -0.317 e. The quantitative estimate of drug-likeness (QED) is 0.860. The molecule has 0 bridgehead atoms. The average Bonchev–Trinajstić information content (AvgIpc) is 2.29. The SMILES string of the molecule is CS(=O)(=O)Nc1ccccc1C1CCNCC1. The van der Waals surface area contributed by atoms with Gasteiger partial charge in [-0.05, 0) is 43.5 Å². The van der Waals surface area contributed by atoms with Crippen LogP contribution in [-0.4, -0.2) is 27.8 Å². The van der Waals surface area contributed by atoms with E-state index in [4.69, 9.17) is 0 Å². The van der Waals surface area contributed by atoms with Gasteiger partial charge in [0.2, 0.25) is 10.0 Å². The molecule has 1 fully saturated rings. The number of hydrogen-bond acceptors (Lipinski definition) is 3. The van der Waals surface area contributed by atoms with Crippen LogP contribution in [0, 0.1) is 0 Å². The van der Waals surface area contributed by atoms with E-state index in [1.54, 1.807) is 0 Å². The van der Waals surface area contributed by atoms with E-state index >= 15 is 0 Å². The van der Waals surface area contributed by atoms with Crippen LogP contribution in [0.15, 0.2) is 24.3 Å². The molecule has 1 aromatic carbocycles. The summed E-state index contributed by atoms with van der Waals surface area (Å²) >= 11 is 0. The van der Waals surface area contributed by atoms with E-state index in [-0.39, 0.29) is 0 Å². The summed E-state index contributed by atoms with van der Waals surface area (Å²) in [5.41, 5.74) is 1.83. The molecule has 4 nitrogen and oxygen atoms in total. The number of benzene rings is 1. The van der Waals surface area contributed by atoms with Gasteiger partial charge in [-0.2, -0.15) is 0 Å². The number of piperidine rings is 1. The first-order valence-corrected chi connectivity index (χ1v) is 7.73. The van der Waals surface area contributed by atoms with Crippen molar-refractivity contribution in [3.8, 4) is 0 Å². The monoisotopic (exact) mass is 254 g/mol. The van der Waals surface area contributed by atoms with Gasteiger partial charge in [-0.15, -0.1) is 0 Å². The Morgan fingerprint density at radius 1 is 1.24 bits per heavy atom. The summed E-state index contributed by atoms with van der Waals surface area (Å²) in [6.07, 6.45) is 3.30. The second-order valence-electron chi connectivity index (χ2n) is 4.49. The van der Waals surface area contributed by atoms with Crippen molar-refractivity contribution >= 4 is 15.7 Å². The highest BCUT2D eigenvalue weighted by molar-refractivity contribution is 7.92. The van der Waals surface area contributed by atoms with Crippen molar-refractivity contribution in [3.05, 3.63) is 29.8 Å². The highest BCUT2D eigenvalue weighted by Gasteiger charge is 2.18. The largest absolute Gasteiger partial charge is 0.317 e. The van der Waals surface area contributed by atoms with Gasteiger partial charge in [0.15, 0.2) is 0 Å². The highest BCUT2D eigenvalue weighted by atomic mass is 32.2. The van der Waals surface area contributed by atoms with Crippen LogP contribution in [0.2, 0.25) is 0 Å². The van der Waals surface area contributed by atoms with Crippen LogP contribution in [0.1, 0.15) is 24.3 Å². The summed E-state index contributed by atoms with van der Waals surface area (Å²) in [5.74, 6) is 0.446. The third-order valence-electron chi connectivity index (χ3n) is 3.04. The standard InChI is InChI=1S/C12H18N2O2S/c1-17(15,16)14-12-5-3-2-4-11(12)10-6-8-13-9-7-10/h2-5,10,13-14H,6-9H2,1H3. The predicted octanol–water partition coefficient (Wildman–Crippen LogP) is 1.53. The molecule has 0 spiro atoms. The molecule has 0 radical (unpaired) electrons. The Hall–Kier alpha value is -1.07. The summed E-state index contributed by atoms with van der Waals surface area (Å²) in [7, 11) is -3.20. The van der Waals surface area contributed by atoms with Crippen LogP contribution in [0.3, 0.4) is 0 Å². The molecule has 1 aromatic rings. The summed E-state index contributed by atoms with van der Waals surface area (Å²) in [6, 6.07) is 7.67. The van der Waals surface area contributed by atoms with Crippen molar-refractivity contribution in [3.63, 3.8) is 0 Å². The molecular weight excluding hydrogens is 236 g/mol. The number of anilines is 1. The molecule has 2 rings (SSSR count). The van der Waals surface area contributed by atoms with E-state index in [0.29, 0.717) is 5.92 Å². The van der Waals surface area contributed by atoms with Crippen molar-refractivity contribution in [1.82, 2.24) is 5.32 Å². The number of rotatable bonds is 3. The van der Waals surface area contributed by atoms with E-state index in [1.807, 2.05) is 24.3 Å². The molecule has 94 valence electrons.